The number of allylic oxidation sites excluding steroid dienone is 10. The van der Waals surface area contributed by atoms with Gasteiger partial charge in [0.1, 0.15) is 19.8 Å². The number of hydrogen-bond donors (Lipinski definition) is 1. The molecule has 0 aromatic carbocycles. The maximum atomic E-state index is 12.9. The number of likely N-dealkylation sites (N-methyl/N-ethyl adjacent to an activating group) is 1. The van der Waals surface area contributed by atoms with Crippen molar-refractivity contribution in [1.29, 1.82) is 0 Å². The van der Waals surface area contributed by atoms with Crippen LogP contribution in [0.4, 0.5) is 0 Å². The molecule has 0 aromatic rings. The summed E-state index contributed by atoms with van der Waals surface area (Å²) in [5, 5.41) is 0. The van der Waals surface area contributed by atoms with E-state index in [0.29, 0.717) is 23.9 Å². The third kappa shape index (κ3) is 78.6. The lowest BCUT2D eigenvalue weighted by atomic mass is 10.0. The Bertz CT molecular complexity index is 1750. The van der Waals surface area contributed by atoms with E-state index < -0.39 is 26.5 Å². The standard InChI is InChI=1S/C83H156NO8P/c1-6-8-10-12-14-16-18-20-22-24-26-28-30-32-34-36-38-39-40-41-42-43-44-45-46-48-50-52-54-56-58-60-62-64-66-68-70-72-74-76-83(86)92-81(80-91-93(87,88)90-78-77-84(3,4)5)79-89-82(85)75-73-71-69-67-65-63-61-59-57-55-53-51-49-47-37-35-33-31-29-27-25-23-21-19-17-15-13-11-9-7-2/h8,10,14,16,20,22,26,28,32,34,81H,6-7,9,11-13,15,17-19,21,23-25,27,29-31,33,35-80H2,1-5H3/p+1/b10-8-,16-14-,22-20-,28-26-,34-32-. The van der Waals surface area contributed by atoms with E-state index in [1.54, 1.807) is 0 Å². The van der Waals surface area contributed by atoms with Crippen LogP contribution in [0.1, 0.15) is 406 Å². The van der Waals surface area contributed by atoms with Gasteiger partial charge in [-0.2, -0.15) is 0 Å². The normalized spacial score (nSPS) is 13.3. The van der Waals surface area contributed by atoms with Gasteiger partial charge in [0.2, 0.25) is 0 Å². The quantitative estimate of drug-likeness (QED) is 0.0211. The second-order valence-electron chi connectivity index (χ2n) is 28.8. The molecule has 0 spiro atoms. The molecule has 2 atom stereocenters. The SMILES string of the molecule is CC/C=C\C/C=C\C/C=C\C/C=C\C/C=C\CCCCCCCCCCCCCCCCCCCCCCCCCC(=O)OC(COC(=O)CCCCCCCCCCCCCCCCCCCCCCCCCCCCCCCC)COP(=O)(O)OCC[N+](C)(C)C. The number of ether oxygens (including phenoxy) is 2. The Morgan fingerprint density at radius 3 is 0.914 bits per heavy atom. The number of nitrogens with zero attached hydrogens (tertiary/aromatic N) is 1. The largest absolute Gasteiger partial charge is 0.472 e. The Morgan fingerprint density at radius 1 is 0.344 bits per heavy atom. The van der Waals surface area contributed by atoms with Crippen LogP contribution in [0.25, 0.3) is 0 Å². The third-order valence-corrected chi connectivity index (χ3v) is 19.3. The van der Waals surface area contributed by atoms with Crippen molar-refractivity contribution in [3.63, 3.8) is 0 Å². The lowest BCUT2D eigenvalue weighted by molar-refractivity contribution is -0.870. The molecule has 0 heterocycles. The number of unbranched alkanes of at least 4 members (excludes halogenated alkanes) is 52. The van der Waals surface area contributed by atoms with E-state index in [1.165, 1.54) is 308 Å². The zero-order valence-electron chi connectivity index (χ0n) is 62.5. The van der Waals surface area contributed by atoms with Crippen LogP contribution in [-0.4, -0.2) is 74.9 Å². The van der Waals surface area contributed by atoms with E-state index >= 15 is 0 Å². The fraction of sp³-hybridized carbons (Fsp3) is 0.855. The molecule has 2 unspecified atom stereocenters. The number of esters is 2. The Hall–Kier alpha value is -2.29. The Morgan fingerprint density at radius 2 is 0.613 bits per heavy atom. The highest BCUT2D eigenvalue weighted by Crippen LogP contribution is 2.43. The first-order chi connectivity index (χ1) is 45.5. The maximum Gasteiger partial charge on any atom is 0.472 e. The number of quaternary nitrogens is 1. The van der Waals surface area contributed by atoms with Gasteiger partial charge in [0.15, 0.2) is 6.10 Å². The van der Waals surface area contributed by atoms with Crippen molar-refractivity contribution in [2.45, 2.75) is 412 Å². The summed E-state index contributed by atoms with van der Waals surface area (Å²) < 4.78 is 34.8. The molecule has 93 heavy (non-hydrogen) atoms. The summed E-state index contributed by atoms with van der Waals surface area (Å²) in [6.07, 6.45) is 99.5. The zero-order chi connectivity index (χ0) is 67.6. The summed E-state index contributed by atoms with van der Waals surface area (Å²) in [7, 11) is 1.50. The number of phosphoric ester groups is 1. The predicted octanol–water partition coefficient (Wildman–Crippen LogP) is 26.9. The second-order valence-corrected chi connectivity index (χ2v) is 30.2. The molecule has 10 heteroatoms. The summed E-state index contributed by atoms with van der Waals surface area (Å²) in [6, 6.07) is 0. The van der Waals surface area contributed by atoms with Gasteiger partial charge in [-0.15, -0.1) is 0 Å². The predicted molar refractivity (Wildman–Crippen MR) is 404 cm³/mol. The average molecular weight is 1330 g/mol. The Kier molecular flexibility index (Phi) is 72.1. The van der Waals surface area contributed by atoms with Crippen molar-refractivity contribution in [2.24, 2.45) is 0 Å². The summed E-state index contributed by atoms with van der Waals surface area (Å²) in [4.78, 5) is 36.0. The molecule has 9 nitrogen and oxygen atoms in total. The molecule has 0 saturated heterocycles. The van der Waals surface area contributed by atoms with E-state index in [-0.39, 0.29) is 25.6 Å². The van der Waals surface area contributed by atoms with Gasteiger partial charge in [-0.3, -0.25) is 18.6 Å². The molecule has 1 N–H and O–H groups in total. The minimum Gasteiger partial charge on any atom is -0.462 e. The number of carbonyl (C=O) groups is 2. The second kappa shape index (κ2) is 73.9. The van der Waals surface area contributed by atoms with Gasteiger partial charge in [-0.05, 0) is 57.8 Å². The molecule has 0 saturated carbocycles. The molecule has 0 bridgehead atoms. The molecule has 0 aliphatic heterocycles. The van der Waals surface area contributed by atoms with Crippen molar-refractivity contribution in [2.75, 3.05) is 47.5 Å². The first-order valence-corrected chi connectivity index (χ1v) is 42.0. The maximum absolute atomic E-state index is 12.9. The highest BCUT2D eigenvalue weighted by Gasteiger charge is 2.27. The van der Waals surface area contributed by atoms with Gasteiger partial charge in [-0.1, -0.05) is 396 Å². The number of hydrogen-bond acceptors (Lipinski definition) is 7. The lowest BCUT2D eigenvalue weighted by Gasteiger charge is -2.24. The molecular formula is C83H157NO8P+. The fourth-order valence-corrected chi connectivity index (χ4v) is 12.9. The molecular weight excluding hydrogens is 1170 g/mol. The monoisotopic (exact) mass is 1330 g/mol. The van der Waals surface area contributed by atoms with Gasteiger partial charge in [-0.25, -0.2) is 4.57 Å². The van der Waals surface area contributed by atoms with Crippen molar-refractivity contribution < 1.29 is 42.1 Å². The Labute approximate surface area is 578 Å². The van der Waals surface area contributed by atoms with E-state index in [4.69, 9.17) is 18.5 Å². The van der Waals surface area contributed by atoms with Gasteiger partial charge in [0.25, 0.3) is 0 Å². The van der Waals surface area contributed by atoms with Crippen LogP contribution >= 0.6 is 7.82 Å². The van der Waals surface area contributed by atoms with Crippen LogP contribution in [0.15, 0.2) is 60.8 Å². The van der Waals surface area contributed by atoms with Crippen LogP contribution in [-0.2, 0) is 32.7 Å². The molecule has 0 fully saturated rings. The van der Waals surface area contributed by atoms with Crippen LogP contribution in [0.2, 0.25) is 0 Å². The van der Waals surface area contributed by atoms with E-state index in [1.807, 2.05) is 21.1 Å². The summed E-state index contributed by atoms with van der Waals surface area (Å²) in [5.74, 6) is -0.771. The fourth-order valence-electron chi connectivity index (χ4n) is 12.2. The van der Waals surface area contributed by atoms with Gasteiger partial charge in [0, 0.05) is 12.8 Å². The number of carbonyl (C=O) groups excluding carboxylic acids is 2. The highest BCUT2D eigenvalue weighted by atomic mass is 31.2. The van der Waals surface area contributed by atoms with Gasteiger partial charge >= 0.3 is 19.8 Å². The van der Waals surface area contributed by atoms with Gasteiger partial charge < -0.3 is 18.9 Å². The van der Waals surface area contributed by atoms with Crippen LogP contribution in [0, 0.1) is 0 Å². The third-order valence-electron chi connectivity index (χ3n) is 18.3. The molecule has 546 valence electrons. The van der Waals surface area contributed by atoms with Crippen LogP contribution in [0.5, 0.6) is 0 Å². The van der Waals surface area contributed by atoms with Crippen LogP contribution < -0.4 is 0 Å². The van der Waals surface area contributed by atoms with Crippen molar-refractivity contribution >= 4 is 19.8 Å². The van der Waals surface area contributed by atoms with E-state index in [9.17, 15) is 19.0 Å². The van der Waals surface area contributed by atoms with Crippen molar-refractivity contribution in [3.8, 4) is 0 Å². The van der Waals surface area contributed by atoms with Crippen molar-refractivity contribution in [1.82, 2.24) is 0 Å². The molecule has 0 amide bonds. The first kappa shape index (κ1) is 90.7. The molecule has 0 rings (SSSR count). The molecule has 0 aromatic heterocycles. The average Bonchev–Trinajstić information content (AvgIpc) is 2.01. The van der Waals surface area contributed by atoms with Crippen molar-refractivity contribution in [3.05, 3.63) is 60.8 Å². The Balaban J connectivity index is 3.90. The number of phosphoric acid groups is 1. The summed E-state index contributed by atoms with van der Waals surface area (Å²) in [6.45, 7) is 4.40. The van der Waals surface area contributed by atoms with E-state index in [2.05, 4.69) is 74.6 Å². The minimum absolute atomic E-state index is 0.0348. The highest BCUT2D eigenvalue weighted by molar-refractivity contribution is 7.47. The zero-order valence-corrected chi connectivity index (χ0v) is 63.4. The summed E-state index contributed by atoms with van der Waals surface area (Å²) >= 11 is 0. The minimum atomic E-state index is -4.39. The first-order valence-electron chi connectivity index (χ1n) is 40.5. The molecule has 0 aliphatic rings. The lowest BCUT2D eigenvalue weighted by Crippen LogP contribution is -2.37. The topological polar surface area (TPSA) is 108 Å². The summed E-state index contributed by atoms with van der Waals surface area (Å²) in [5.41, 5.74) is 0. The van der Waals surface area contributed by atoms with Crippen LogP contribution in [0.3, 0.4) is 0 Å². The number of rotatable bonds is 76. The molecule has 0 aliphatic carbocycles. The smallest absolute Gasteiger partial charge is 0.462 e. The molecule has 0 radical (unpaired) electrons. The van der Waals surface area contributed by atoms with E-state index in [0.717, 1.165) is 64.2 Å². The van der Waals surface area contributed by atoms with Gasteiger partial charge in [0.05, 0.1) is 27.7 Å².